The summed E-state index contributed by atoms with van der Waals surface area (Å²) in [6.45, 7) is 0. The Morgan fingerprint density at radius 2 is 2.00 bits per heavy atom. The molecule has 5 nitrogen and oxygen atoms in total. The Bertz CT molecular complexity index is 916. The van der Waals surface area contributed by atoms with Gasteiger partial charge in [0.15, 0.2) is 0 Å². The maximum absolute atomic E-state index is 12.7. The van der Waals surface area contributed by atoms with E-state index < -0.39 is 10.0 Å². The summed E-state index contributed by atoms with van der Waals surface area (Å²) < 4.78 is 26.1. The number of benzene rings is 2. The molecule has 1 aliphatic rings. The molecule has 2 aromatic carbocycles. The Balaban J connectivity index is 1.89. The molecule has 132 valence electrons. The van der Waals surface area contributed by atoms with Crippen molar-refractivity contribution in [2.24, 2.45) is 0 Å². The Hall–Kier alpha value is -1.54. The van der Waals surface area contributed by atoms with Gasteiger partial charge in [-0.1, -0.05) is 29.8 Å². The van der Waals surface area contributed by atoms with Crippen LogP contribution >= 0.6 is 23.4 Å². The van der Waals surface area contributed by atoms with E-state index in [9.17, 15) is 13.2 Å². The number of fused-ring (bicyclic) bond motifs is 1. The maximum atomic E-state index is 12.7. The van der Waals surface area contributed by atoms with Crippen molar-refractivity contribution in [1.29, 1.82) is 0 Å². The largest absolute Gasteiger partial charge is 0.345 e. The average Bonchev–Trinajstić information content (AvgIpc) is 2.62. The normalized spacial score (nSPS) is 17.0. The van der Waals surface area contributed by atoms with Crippen molar-refractivity contribution in [2.75, 3.05) is 12.8 Å². The van der Waals surface area contributed by atoms with Gasteiger partial charge in [0.05, 0.1) is 21.5 Å². The minimum Gasteiger partial charge on any atom is -0.345 e. The molecule has 0 radical (unpaired) electrons. The molecule has 0 aliphatic carbocycles. The summed E-state index contributed by atoms with van der Waals surface area (Å²) in [5, 5.41) is 3.19. The van der Waals surface area contributed by atoms with Crippen LogP contribution in [0.25, 0.3) is 0 Å². The highest BCUT2D eigenvalue weighted by atomic mass is 35.5. The summed E-state index contributed by atoms with van der Waals surface area (Å²) >= 11 is 7.88. The lowest BCUT2D eigenvalue weighted by Gasteiger charge is -2.26. The van der Waals surface area contributed by atoms with Gasteiger partial charge >= 0.3 is 0 Å². The third-order valence-electron chi connectivity index (χ3n) is 4.03. The summed E-state index contributed by atoms with van der Waals surface area (Å²) in [6.07, 6.45) is 0.805. The molecule has 25 heavy (non-hydrogen) atoms. The average molecular weight is 397 g/mol. The van der Waals surface area contributed by atoms with Crippen LogP contribution < -0.4 is 10.0 Å². The highest BCUT2D eigenvalue weighted by Gasteiger charge is 2.24. The fourth-order valence-corrected chi connectivity index (χ4v) is 4.78. The summed E-state index contributed by atoms with van der Waals surface area (Å²) in [4.78, 5) is 13.8. The van der Waals surface area contributed by atoms with Crippen molar-refractivity contribution in [3.63, 3.8) is 0 Å². The van der Waals surface area contributed by atoms with Crippen LogP contribution in [0.15, 0.2) is 52.3 Å². The number of sulfonamides is 1. The van der Waals surface area contributed by atoms with Crippen molar-refractivity contribution in [3.05, 3.63) is 58.6 Å². The van der Waals surface area contributed by atoms with Crippen LogP contribution in [0.2, 0.25) is 5.02 Å². The molecule has 3 rings (SSSR count). The Kier molecular flexibility index (Phi) is 5.38. The highest BCUT2D eigenvalue weighted by molar-refractivity contribution is 7.99. The molecule has 0 bridgehead atoms. The fraction of sp³-hybridized carbons (Fsp3) is 0.235. The van der Waals surface area contributed by atoms with Crippen LogP contribution in [-0.4, -0.2) is 27.1 Å². The van der Waals surface area contributed by atoms with Crippen molar-refractivity contribution in [3.8, 4) is 0 Å². The summed E-state index contributed by atoms with van der Waals surface area (Å²) in [7, 11) is -2.32. The molecule has 0 saturated carbocycles. The van der Waals surface area contributed by atoms with Gasteiger partial charge in [0.25, 0.3) is 5.91 Å². The molecule has 1 amide bonds. The minimum atomic E-state index is -3.64. The third-order valence-corrected chi connectivity index (χ3v) is 6.89. The van der Waals surface area contributed by atoms with Crippen LogP contribution in [0.1, 0.15) is 28.4 Å². The van der Waals surface area contributed by atoms with Gasteiger partial charge in [-0.15, -0.1) is 11.8 Å². The van der Waals surface area contributed by atoms with E-state index in [-0.39, 0.29) is 27.4 Å². The summed E-state index contributed by atoms with van der Waals surface area (Å²) in [5.41, 5.74) is 1.22. The molecular weight excluding hydrogens is 380 g/mol. The number of hydrogen-bond acceptors (Lipinski definition) is 4. The van der Waals surface area contributed by atoms with Gasteiger partial charge in [0, 0.05) is 10.6 Å². The predicted octanol–water partition coefficient (Wildman–Crippen LogP) is 3.22. The molecule has 0 fully saturated rings. The van der Waals surface area contributed by atoms with E-state index in [2.05, 4.69) is 10.0 Å². The molecule has 0 spiro atoms. The first-order chi connectivity index (χ1) is 11.9. The van der Waals surface area contributed by atoms with Crippen molar-refractivity contribution >= 4 is 39.3 Å². The fourth-order valence-electron chi connectivity index (χ4n) is 2.69. The number of thioether (sulfide) groups is 1. The number of nitrogens with one attached hydrogen (secondary N) is 2. The molecule has 1 aliphatic heterocycles. The highest BCUT2D eigenvalue weighted by Crippen LogP contribution is 2.36. The van der Waals surface area contributed by atoms with Crippen molar-refractivity contribution in [2.45, 2.75) is 22.3 Å². The Morgan fingerprint density at radius 3 is 2.76 bits per heavy atom. The molecule has 0 aromatic heterocycles. The molecule has 1 heterocycles. The molecule has 8 heteroatoms. The lowest BCUT2D eigenvalue weighted by atomic mass is 10.0. The molecule has 0 unspecified atom stereocenters. The van der Waals surface area contributed by atoms with E-state index in [4.69, 9.17) is 11.6 Å². The quantitative estimate of drug-likeness (QED) is 0.832. The SMILES string of the molecule is CNS(=O)(=O)c1ccc(Cl)c(C(=O)N[C@@H]2CCSc3ccccc32)c1. The molecule has 2 aromatic rings. The van der Waals surface area contributed by atoms with Crippen LogP contribution in [0, 0.1) is 0 Å². The van der Waals surface area contributed by atoms with Crippen LogP contribution in [-0.2, 0) is 10.0 Å². The van der Waals surface area contributed by atoms with E-state index >= 15 is 0 Å². The second-order valence-corrected chi connectivity index (χ2v) is 8.98. The van der Waals surface area contributed by atoms with Crippen LogP contribution in [0.3, 0.4) is 0 Å². The number of carbonyl (C=O) groups excluding carboxylic acids is 1. The summed E-state index contributed by atoms with van der Waals surface area (Å²) in [5.74, 6) is 0.522. The molecule has 1 atom stereocenters. The zero-order valence-electron chi connectivity index (χ0n) is 13.5. The standard InChI is InChI=1S/C17H17ClN2O3S2/c1-19-25(22,23)11-6-7-14(18)13(10-11)17(21)20-15-8-9-24-16-5-3-2-4-12(15)16/h2-7,10,15,19H,8-9H2,1H3,(H,20,21)/t15-/m1/s1. The Morgan fingerprint density at radius 1 is 1.24 bits per heavy atom. The first kappa shape index (κ1) is 18.3. The third kappa shape index (κ3) is 3.84. The van der Waals surface area contributed by atoms with E-state index in [1.807, 2.05) is 24.3 Å². The van der Waals surface area contributed by atoms with Crippen LogP contribution in [0.4, 0.5) is 0 Å². The molecular formula is C17H17ClN2O3S2. The van der Waals surface area contributed by atoms with Crippen molar-refractivity contribution in [1.82, 2.24) is 10.0 Å². The number of carbonyl (C=O) groups is 1. The van der Waals surface area contributed by atoms with E-state index in [0.717, 1.165) is 22.6 Å². The minimum absolute atomic E-state index is 0.00384. The monoisotopic (exact) mass is 396 g/mol. The van der Waals surface area contributed by atoms with Crippen LogP contribution in [0.5, 0.6) is 0 Å². The van der Waals surface area contributed by atoms with E-state index in [0.29, 0.717) is 0 Å². The second kappa shape index (κ2) is 7.37. The number of rotatable bonds is 4. The predicted molar refractivity (Wildman–Crippen MR) is 99.7 cm³/mol. The topological polar surface area (TPSA) is 75.3 Å². The zero-order valence-corrected chi connectivity index (χ0v) is 15.8. The van der Waals surface area contributed by atoms with Gasteiger partial charge in [0.2, 0.25) is 10.0 Å². The van der Waals surface area contributed by atoms with E-state index in [1.165, 1.54) is 25.2 Å². The van der Waals surface area contributed by atoms with Gasteiger partial charge < -0.3 is 5.32 Å². The number of amides is 1. The van der Waals surface area contributed by atoms with Crippen molar-refractivity contribution < 1.29 is 13.2 Å². The smallest absolute Gasteiger partial charge is 0.253 e. The second-order valence-electron chi connectivity index (χ2n) is 5.55. The van der Waals surface area contributed by atoms with Gasteiger partial charge in [-0.05, 0) is 43.3 Å². The molecule has 2 N–H and O–H groups in total. The maximum Gasteiger partial charge on any atom is 0.253 e. The number of hydrogen-bond donors (Lipinski definition) is 2. The summed E-state index contributed by atoms with van der Waals surface area (Å²) in [6, 6.07) is 11.9. The first-order valence-corrected chi connectivity index (χ1v) is 10.5. The van der Waals surface area contributed by atoms with Gasteiger partial charge in [0.1, 0.15) is 0 Å². The lowest BCUT2D eigenvalue weighted by Crippen LogP contribution is -2.31. The van der Waals surface area contributed by atoms with E-state index in [1.54, 1.807) is 11.8 Å². The van der Waals surface area contributed by atoms with Gasteiger partial charge in [-0.3, -0.25) is 4.79 Å². The number of halogens is 1. The first-order valence-electron chi connectivity index (χ1n) is 7.68. The van der Waals surface area contributed by atoms with Gasteiger partial charge in [-0.2, -0.15) is 0 Å². The molecule has 0 saturated heterocycles. The lowest BCUT2D eigenvalue weighted by molar-refractivity contribution is 0.0935. The Labute approximate surface area is 156 Å². The van der Waals surface area contributed by atoms with Gasteiger partial charge in [-0.25, -0.2) is 13.1 Å². The zero-order chi connectivity index (χ0) is 18.0.